The number of likely N-dealkylation sites (tertiary alicyclic amines) is 1. The van der Waals surface area contributed by atoms with Crippen molar-refractivity contribution >= 4 is 5.91 Å². The zero-order chi connectivity index (χ0) is 19.0. The molecule has 0 unspecified atom stereocenters. The van der Waals surface area contributed by atoms with Crippen molar-refractivity contribution in [3.8, 4) is 11.3 Å². The molecule has 4 rings (SSSR count). The number of carbonyl (C=O) groups excluding carboxylic acids is 1. The van der Waals surface area contributed by atoms with Crippen LogP contribution in [0.15, 0.2) is 36.5 Å². The molecule has 0 radical (unpaired) electrons. The first-order valence-electron chi connectivity index (χ1n) is 9.92. The van der Waals surface area contributed by atoms with Crippen molar-refractivity contribution in [2.75, 3.05) is 13.1 Å². The first-order valence-corrected chi connectivity index (χ1v) is 9.92. The minimum Gasteiger partial charge on any atom is -0.390 e. The lowest BCUT2D eigenvalue weighted by molar-refractivity contribution is -0.0609. The summed E-state index contributed by atoms with van der Waals surface area (Å²) in [6, 6.07) is 9.80. The second-order valence-corrected chi connectivity index (χ2v) is 7.97. The van der Waals surface area contributed by atoms with Crippen LogP contribution >= 0.6 is 0 Å². The molecule has 27 heavy (non-hydrogen) atoms. The fourth-order valence-electron chi connectivity index (χ4n) is 4.85. The van der Waals surface area contributed by atoms with E-state index in [1.54, 1.807) is 6.20 Å². The van der Waals surface area contributed by atoms with Gasteiger partial charge in [-0.2, -0.15) is 0 Å². The number of fused-ring (bicyclic) bond motifs is 1. The molecule has 0 bridgehead atoms. The Bertz CT molecular complexity index is 839. The lowest BCUT2D eigenvalue weighted by atomic mass is 9.69. The van der Waals surface area contributed by atoms with E-state index in [1.807, 2.05) is 49.1 Å². The number of carbonyl (C=O) groups is 1. The summed E-state index contributed by atoms with van der Waals surface area (Å²) in [4.78, 5) is 24.1. The van der Waals surface area contributed by atoms with Gasteiger partial charge in [-0.3, -0.25) is 4.79 Å². The number of aromatic nitrogens is 2. The van der Waals surface area contributed by atoms with E-state index in [0.29, 0.717) is 36.1 Å². The lowest BCUT2D eigenvalue weighted by Gasteiger charge is -2.40. The molecule has 1 aromatic carbocycles. The van der Waals surface area contributed by atoms with Gasteiger partial charge in [-0.1, -0.05) is 43.7 Å². The number of aliphatic hydroxyl groups is 1. The third-order valence-electron chi connectivity index (χ3n) is 6.40. The predicted molar refractivity (Wildman–Crippen MR) is 104 cm³/mol. The maximum absolute atomic E-state index is 13.4. The first kappa shape index (κ1) is 18.1. The summed E-state index contributed by atoms with van der Waals surface area (Å²) < 4.78 is 0. The van der Waals surface area contributed by atoms with Crippen molar-refractivity contribution in [3.63, 3.8) is 0 Å². The van der Waals surface area contributed by atoms with E-state index in [4.69, 9.17) is 0 Å². The highest BCUT2D eigenvalue weighted by atomic mass is 16.3. The van der Waals surface area contributed by atoms with Gasteiger partial charge in [0.15, 0.2) is 0 Å². The van der Waals surface area contributed by atoms with E-state index in [2.05, 4.69) is 9.97 Å². The normalized spacial score (nSPS) is 27.4. The van der Waals surface area contributed by atoms with Gasteiger partial charge in [0.05, 0.1) is 16.9 Å². The highest BCUT2D eigenvalue weighted by Crippen LogP contribution is 2.44. The third-order valence-corrected chi connectivity index (χ3v) is 6.40. The Kier molecular flexibility index (Phi) is 4.72. The number of benzene rings is 1. The van der Waals surface area contributed by atoms with Gasteiger partial charge in [-0.25, -0.2) is 9.97 Å². The Morgan fingerprint density at radius 3 is 2.81 bits per heavy atom. The third kappa shape index (κ3) is 3.25. The summed E-state index contributed by atoms with van der Waals surface area (Å²) in [5.74, 6) is 1.19. The fourth-order valence-corrected chi connectivity index (χ4v) is 4.85. The van der Waals surface area contributed by atoms with E-state index in [0.717, 1.165) is 31.2 Å². The van der Waals surface area contributed by atoms with Crippen LogP contribution in [0.4, 0.5) is 0 Å². The summed E-state index contributed by atoms with van der Waals surface area (Å²) >= 11 is 0. The molecule has 5 heteroatoms. The molecule has 1 aliphatic carbocycles. The predicted octanol–water partition coefficient (Wildman–Crippen LogP) is 3.47. The molecule has 142 valence electrons. The monoisotopic (exact) mass is 365 g/mol. The van der Waals surface area contributed by atoms with Gasteiger partial charge >= 0.3 is 0 Å². The average molecular weight is 365 g/mol. The van der Waals surface area contributed by atoms with E-state index in [-0.39, 0.29) is 11.8 Å². The van der Waals surface area contributed by atoms with E-state index >= 15 is 0 Å². The molecule has 2 heterocycles. The van der Waals surface area contributed by atoms with Crippen LogP contribution in [0.3, 0.4) is 0 Å². The molecule has 1 aromatic heterocycles. The van der Waals surface area contributed by atoms with Crippen LogP contribution in [0.5, 0.6) is 0 Å². The van der Waals surface area contributed by atoms with E-state index in [9.17, 15) is 9.90 Å². The van der Waals surface area contributed by atoms with Gasteiger partial charge in [0, 0.05) is 30.8 Å². The number of rotatable bonds is 3. The largest absolute Gasteiger partial charge is 0.390 e. The smallest absolute Gasteiger partial charge is 0.257 e. The Morgan fingerprint density at radius 1 is 1.30 bits per heavy atom. The minimum absolute atomic E-state index is 0.0262. The van der Waals surface area contributed by atoms with Crippen LogP contribution in [-0.4, -0.2) is 44.6 Å². The SMILES string of the molecule is CC[C@]1(O)CCC[C@H]2CN(C(=O)c3cnc(C)nc3-c3ccccc3)C[C@H]21. The second kappa shape index (κ2) is 7.04. The fraction of sp³-hybridized carbons (Fsp3) is 0.500. The molecule has 3 atom stereocenters. The zero-order valence-corrected chi connectivity index (χ0v) is 16.1. The summed E-state index contributed by atoms with van der Waals surface area (Å²) in [6.45, 7) is 5.23. The number of amides is 1. The van der Waals surface area contributed by atoms with E-state index < -0.39 is 5.60 Å². The van der Waals surface area contributed by atoms with Gasteiger partial charge in [0.1, 0.15) is 5.82 Å². The maximum atomic E-state index is 13.4. The quantitative estimate of drug-likeness (QED) is 0.904. The van der Waals surface area contributed by atoms with Crippen LogP contribution in [0.2, 0.25) is 0 Å². The number of hydrogen-bond donors (Lipinski definition) is 1. The second-order valence-electron chi connectivity index (χ2n) is 7.97. The summed E-state index contributed by atoms with van der Waals surface area (Å²) in [5, 5.41) is 11.0. The molecule has 2 aliphatic rings. The maximum Gasteiger partial charge on any atom is 0.257 e. The van der Waals surface area contributed by atoms with Crippen LogP contribution in [0, 0.1) is 18.8 Å². The van der Waals surface area contributed by atoms with Crippen LogP contribution in [-0.2, 0) is 0 Å². The minimum atomic E-state index is -0.635. The van der Waals surface area contributed by atoms with Crippen molar-refractivity contribution in [3.05, 3.63) is 47.9 Å². The lowest BCUT2D eigenvalue weighted by Crippen LogP contribution is -2.44. The van der Waals surface area contributed by atoms with Gasteiger partial charge in [-0.05, 0) is 32.1 Å². The summed E-state index contributed by atoms with van der Waals surface area (Å²) in [6.07, 6.45) is 5.37. The summed E-state index contributed by atoms with van der Waals surface area (Å²) in [7, 11) is 0. The molecular weight excluding hydrogens is 338 g/mol. The standard InChI is InChI=1S/C22H27N3O2/c1-3-22(27)11-7-10-17-13-25(14-19(17)22)21(26)18-12-23-15(2)24-20(18)16-8-5-4-6-9-16/h4-6,8-9,12,17,19,27H,3,7,10-11,13-14H2,1-2H3/t17-,19+,22-/m0/s1. The van der Waals surface area contributed by atoms with Crippen molar-refractivity contribution < 1.29 is 9.90 Å². The number of aryl methyl sites for hydroxylation is 1. The Hall–Kier alpha value is -2.27. The first-order chi connectivity index (χ1) is 13.0. The molecule has 5 nitrogen and oxygen atoms in total. The highest BCUT2D eigenvalue weighted by molar-refractivity contribution is 5.99. The molecule has 2 aromatic rings. The molecule has 0 spiro atoms. The van der Waals surface area contributed by atoms with Crippen LogP contribution < -0.4 is 0 Å². The Balaban J connectivity index is 1.65. The Morgan fingerprint density at radius 2 is 2.07 bits per heavy atom. The molecule has 1 N–H and O–H groups in total. The van der Waals surface area contributed by atoms with Crippen LogP contribution in [0.1, 0.15) is 48.8 Å². The zero-order valence-electron chi connectivity index (χ0n) is 16.1. The van der Waals surface area contributed by atoms with E-state index in [1.165, 1.54) is 0 Å². The molecule has 2 fully saturated rings. The van der Waals surface area contributed by atoms with Crippen molar-refractivity contribution in [2.24, 2.45) is 11.8 Å². The van der Waals surface area contributed by atoms with Crippen molar-refractivity contribution in [1.29, 1.82) is 0 Å². The van der Waals surface area contributed by atoms with Crippen molar-refractivity contribution in [2.45, 2.75) is 45.1 Å². The molecular formula is C22H27N3O2. The van der Waals surface area contributed by atoms with Gasteiger partial charge in [0.2, 0.25) is 0 Å². The molecule has 1 aliphatic heterocycles. The molecule has 1 amide bonds. The van der Waals surface area contributed by atoms with Crippen LogP contribution in [0.25, 0.3) is 11.3 Å². The van der Waals surface area contributed by atoms with Gasteiger partial charge in [0.25, 0.3) is 5.91 Å². The summed E-state index contributed by atoms with van der Waals surface area (Å²) in [5.41, 5.74) is 1.52. The number of hydrogen-bond acceptors (Lipinski definition) is 4. The molecule has 1 saturated carbocycles. The Labute approximate surface area is 160 Å². The average Bonchev–Trinajstić information content (AvgIpc) is 3.14. The molecule has 1 saturated heterocycles. The van der Waals surface area contributed by atoms with Gasteiger partial charge < -0.3 is 10.0 Å². The van der Waals surface area contributed by atoms with Crippen molar-refractivity contribution in [1.82, 2.24) is 14.9 Å². The topological polar surface area (TPSA) is 66.3 Å². The highest BCUT2D eigenvalue weighted by Gasteiger charge is 2.49. The number of nitrogens with zero attached hydrogens (tertiary/aromatic N) is 3. The van der Waals surface area contributed by atoms with Gasteiger partial charge in [-0.15, -0.1) is 0 Å².